The Hall–Kier alpha value is -4.05. The number of carbonyl (C=O) groups excluding carboxylic acids is 1. The van der Waals surface area contributed by atoms with Crippen molar-refractivity contribution < 1.29 is 35.2 Å². The topological polar surface area (TPSA) is 125 Å². The first-order chi connectivity index (χ1) is 20.6. The second-order valence-corrected chi connectivity index (χ2v) is 12.4. The van der Waals surface area contributed by atoms with Gasteiger partial charge in [-0.05, 0) is 37.5 Å². The second kappa shape index (κ2) is 11.2. The van der Waals surface area contributed by atoms with E-state index in [9.17, 15) is 35.2 Å². The van der Waals surface area contributed by atoms with Crippen molar-refractivity contribution in [1.29, 1.82) is 0 Å². The first-order valence-electron chi connectivity index (χ1n) is 13.5. The van der Waals surface area contributed by atoms with Crippen molar-refractivity contribution in [2.45, 2.75) is 61.9 Å². The van der Waals surface area contributed by atoms with E-state index < -0.39 is 56.0 Å². The molecule has 2 aliphatic rings. The second-order valence-electron chi connectivity index (χ2n) is 10.5. The van der Waals surface area contributed by atoms with Gasteiger partial charge in [-0.15, -0.1) is 5.10 Å². The van der Waals surface area contributed by atoms with Crippen molar-refractivity contribution in [3.63, 3.8) is 0 Å². The van der Waals surface area contributed by atoms with Gasteiger partial charge in [0.05, 0.1) is 29.6 Å². The number of aromatic amines is 1. The average Bonchev–Trinajstić information content (AvgIpc) is 3.46. The largest absolute Gasteiger partial charge is 0.305 e. The maximum Gasteiger partial charge on any atom is 0.249 e. The highest BCUT2D eigenvalue weighted by Gasteiger charge is 2.48. The number of carbonyl (C=O) groups is 1. The van der Waals surface area contributed by atoms with Gasteiger partial charge in [-0.1, -0.05) is 24.5 Å². The summed E-state index contributed by atoms with van der Waals surface area (Å²) in [6, 6.07) is 3.19. The number of rotatable bonds is 7. The maximum absolute atomic E-state index is 14.5. The van der Waals surface area contributed by atoms with Crippen molar-refractivity contribution in [1.82, 2.24) is 29.7 Å². The highest BCUT2D eigenvalue weighted by atomic mass is 32.2. The molecule has 0 unspecified atom stereocenters. The molecule has 2 fully saturated rings. The average molecular weight is 622 g/mol. The molecule has 0 spiro atoms. The molecule has 1 aliphatic heterocycles. The van der Waals surface area contributed by atoms with Crippen LogP contribution in [0.5, 0.6) is 0 Å². The zero-order valence-electron chi connectivity index (χ0n) is 22.4. The van der Waals surface area contributed by atoms with E-state index in [1.54, 1.807) is 24.4 Å². The number of amides is 1. The summed E-state index contributed by atoms with van der Waals surface area (Å²) >= 11 is 0. The Bertz CT molecular complexity index is 1780. The van der Waals surface area contributed by atoms with E-state index in [-0.39, 0.29) is 19.5 Å². The van der Waals surface area contributed by atoms with E-state index >= 15 is 0 Å². The lowest BCUT2D eigenvalue weighted by Gasteiger charge is -2.41. The highest BCUT2D eigenvalue weighted by molar-refractivity contribution is 7.89. The van der Waals surface area contributed by atoms with Crippen LogP contribution in [0.1, 0.15) is 55.8 Å². The van der Waals surface area contributed by atoms with E-state index in [4.69, 9.17) is 0 Å². The summed E-state index contributed by atoms with van der Waals surface area (Å²) in [5, 5.41) is 10.3. The van der Waals surface area contributed by atoms with Gasteiger partial charge in [0.2, 0.25) is 21.7 Å². The fourth-order valence-corrected chi connectivity index (χ4v) is 7.26. The Morgan fingerprint density at radius 2 is 1.63 bits per heavy atom. The predicted octanol–water partition coefficient (Wildman–Crippen LogP) is 4.49. The molecule has 1 amide bonds. The molecule has 0 radical (unpaired) electrons. The van der Waals surface area contributed by atoms with Crippen LogP contribution in [0.25, 0.3) is 11.0 Å². The van der Waals surface area contributed by atoms with Crippen LogP contribution in [0.2, 0.25) is 0 Å². The summed E-state index contributed by atoms with van der Waals surface area (Å²) < 4.78 is 97.1. The minimum absolute atomic E-state index is 0.0654. The number of fused-ring (bicyclic) bond motifs is 1. The quantitative estimate of drug-likeness (QED) is 0.183. The number of aromatic nitrogens is 5. The van der Waals surface area contributed by atoms with Crippen LogP contribution in [0.15, 0.2) is 35.5 Å². The smallest absolute Gasteiger partial charge is 0.249 e. The Balaban J connectivity index is 1.33. The van der Waals surface area contributed by atoms with E-state index in [0.29, 0.717) is 32.6 Å². The summed E-state index contributed by atoms with van der Waals surface area (Å²) in [7, 11) is -5.32. The molecule has 10 nitrogen and oxygen atoms in total. The Morgan fingerprint density at radius 3 is 2.26 bits per heavy atom. The SMILES string of the molecule is O=C([C@H]1CCN1S(=O)(=O)c1c(F)c(F)c(F)c(F)c1F)N(Cc1cnc(C2CCCCC2)cn1)c1ccc2nn[nH]c2c1. The molecule has 226 valence electrons. The first-order valence-corrected chi connectivity index (χ1v) is 15.0. The predicted molar refractivity (Wildman–Crippen MR) is 141 cm³/mol. The van der Waals surface area contributed by atoms with Gasteiger partial charge in [-0.25, -0.2) is 30.4 Å². The van der Waals surface area contributed by atoms with Crippen LogP contribution in [-0.4, -0.2) is 56.6 Å². The number of hydrogen-bond donors (Lipinski definition) is 1. The minimum Gasteiger partial charge on any atom is -0.305 e. The lowest BCUT2D eigenvalue weighted by Crippen LogP contribution is -2.59. The van der Waals surface area contributed by atoms with Gasteiger partial charge < -0.3 is 4.90 Å². The number of H-pyrrole nitrogens is 1. The monoisotopic (exact) mass is 621 g/mol. The maximum atomic E-state index is 14.5. The number of sulfonamides is 1. The van der Waals surface area contributed by atoms with Gasteiger partial charge in [0.25, 0.3) is 0 Å². The van der Waals surface area contributed by atoms with Crippen molar-refractivity contribution in [2.24, 2.45) is 0 Å². The Kier molecular flexibility index (Phi) is 7.58. The van der Waals surface area contributed by atoms with Crippen LogP contribution in [0.4, 0.5) is 27.6 Å². The molecule has 3 heterocycles. The molecule has 1 N–H and O–H groups in total. The third-order valence-corrected chi connectivity index (χ3v) is 9.88. The molecule has 1 saturated carbocycles. The van der Waals surface area contributed by atoms with Gasteiger partial charge >= 0.3 is 0 Å². The summed E-state index contributed by atoms with van der Waals surface area (Å²) in [4.78, 5) is 22.1. The number of hydrogen-bond acceptors (Lipinski definition) is 7. The fraction of sp³-hybridized carbons (Fsp3) is 0.370. The normalized spacial score (nSPS) is 18.1. The molecule has 2 aromatic heterocycles. The van der Waals surface area contributed by atoms with Crippen molar-refractivity contribution in [3.8, 4) is 0 Å². The van der Waals surface area contributed by atoms with Gasteiger partial charge in [0.1, 0.15) is 11.6 Å². The van der Waals surface area contributed by atoms with Crippen molar-refractivity contribution in [2.75, 3.05) is 11.4 Å². The van der Waals surface area contributed by atoms with Crippen LogP contribution < -0.4 is 4.90 Å². The molecule has 0 bridgehead atoms. The fourth-order valence-electron chi connectivity index (χ4n) is 5.52. The minimum atomic E-state index is -5.32. The number of anilines is 1. The van der Waals surface area contributed by atoms with Gasteiger partial charge in [-0.3, -0.25) is 19.9 Å². The van der Waals surface area contributed by atoms with E-state index in [1.807, 2.05) is 0 Å². The van der Waals surface area contributed by atoms with Crippen LogP contribution >= 0.6 is 0 Å². The zero-order chi connectivity index (χ0) is 30.5. The van der Waals surface area contributed by atoms with Crippen LogP contribution in [-0.2, 0) is 21.4 Å². The lowest BCUT2D eigenvalue weighted by atomic mass is 9.87. The summed E-state index contributed by atoms with van der Waals surface area (Å²) in [5.74, 6) is -12.8. The number of nitrogens with one attached hydrogen (secondary N) is 1. The van der Waals surface area contributed by atoms with Crippen molar-refractivity contribution >= 4 is 32.7 Å². The van der Waals surface area contributed by atoms with Crippen molar-refractivity contribution in [3.05, 3.63) is 71.1 Å². The third kappa shape index (κ3) is 5.11. The summed E-state index contributed by atoms with van der Waals surface area (Å²) in [6.45, 7) is -0.539. The highest BCUT2D eigenvalue weighted by Crippen LogP contribution is 2.35. The molecular weight excluding hydrogens is 597 g/mol. The van der Waals surface area contributed by atoms with E-state index in [0.717, 1.165) is 31.4 Å². The van der Waals surface area contributed by atoms with Crippen LogP contribution in [0.3, 0.4) is 0 Å². The Morgan fingerprint density at radius 1 is 0.930 bits per heavy atom. The number of nitrogens with zero attached hydrogens (tertiary/aromatic N) is 6. The summed E-state index contributed by atoms with van der Waals surface area (Å²) in [5.41, 5.74) is 2.47. The molecule has 1 saturated heterocycles. The molecule has 1 aliphatic carbocycles. The third-order valence-electron chi connectivity index (χ3n) is 7.95. The van der Waals surface area contributed by atoms with E-state index in [1.165, 1.54) is 17.5 Å². The number of halogens is 5. The number of benzene rings is 2. The first kappa shape index (κ1) is 29.0. The summed E-state index contributed by atoms with van der Waals surface area (Å²) in [6.07, 6.45) is 8.51. The van der Waals surface area contributed by atoms with E-state index in [2.05, 4.69) is 25.4 Å². The van der Waals surface area contributed by atoms with Crippen LogP contribution in [0, 0.1) is 29.1 Å². The molecule has 6 rings (SSSR count). The standard InChI is InChI=1S/C27H24F5N7O3S/c28-21-22(29)24(31)26(25(32)23(21)30)43(41,42)39-9-8-20(39)27(40)38(16-6-7-17-18(10-16)36-37-35-17)13-15-11-34-19(12-33-15)14-4-2-1-3-5-14/h6-7,10-12,14,20H,1-5,8-9,13H2,(H,35,36,37)/t20-/m1/s1. The van der Waals surface area contributed by atoms with Gasteiger partial charge in [0, 0.05) is 24.3 Å². The lowest BCUT2D eigenvalue weighted by molar-refractivity contribution is -0.125. The van der Waals surface area contributed by atoms with Gasteiger partial charge in [0.15, 0.2) is 28.2 Å². The molecule has 43 heavy (non-hydrogen) atoms. The molecule has 2 aromatic carbocycles. The van der Waals surface area contributed by atoms with Gasteiger partial charge in [-0.2, -0.15) is 4.31 Å². The Labute approximate surface area is 242 Å². The molecule has 4 aromatic rings. The molecule has 16 heteroatoms. The molecular formula is C27H24F5N7O3S. The molecule has 1 atom stereocenters. The zero-order valence-corrected chi connectivity index (χ0v) is 23.2.